The van der Waals surface area contributed by atoms with Crippen LogP contribution in [0.2, 0.25) is 0 Å². The fourth-order valence-electron chi connectivity index (χ4n) is 2.28. The summed E-state index contributed by atoms with van der Waals surface area (Å²) < 4.78 is 0. The highest BCUT2D eigenvalue weighted by molar-refractivity contribution is 5.97. The number of likely N-dealkylation sites (tertiary alicyclic amines) is 1. The summed E-state index contributed by atoms with van der Waals surface area (Å²) in [5, 5.41) is 18.5. The van der Waals surface area contributed by atoms with Gasteiger partial charge in [0.05, 0.1) is 24.3 Å². The summed E-state index contributed by atoms with van der Waals surface area (Å²) in [6.07, 6.45) is 0.574. The summed E-state index contributed by atoms with van der Waals surface area (Å²) >= 11 is 0. The molecule has 0 spiro atoms. The average molecular weight is 258 g/mol. The Morgan fingerprint density at radius 1 is 1.47 bits per heavy atom. The maximum atomic E-state index is 12.1. The number of aliphatic hydroxyl groups is 1. The lowest BCUT2D eigenvalue weighted by Gasteiger charge is -2.33. The molecule has 0 aromatic heterocycles. The maximum absolute atomic E-state index is 12.1. The van der Waals surface area contributed by atoms with Crippen LogP contribution in [0, 0.1) is 17.2 Å². The van der Waals surface area contributed by atoms with Crippen molar-refractivity contribution in [1.82, 2.24) is 4.90 Å². The second-order valence-corrected chi connectivity index (χ2v) is 5.18. The van der Waals surface area contributed by atoms with E-state index in [9.17, 15) is 9.90 Å². The van der Waals surface area contributed by atoms with E-state index in [0.29, 0.717) is 30.1 Å². The highest BCUT2D eigenvalue weighted by Gasteiger charge is 2.25. The molecule has 0 bridgehead atoms. The number of piperidine rings is 1. The predicted octanol–water partition coefficient (Wildman–Crippen LogP) is 1.44. The van der Waals surface area contributed by atoms with Crippen molar-refractivity contribution in [2.24, 2.45) is 5.92 Å². The molecule has 4 nitrogen and oxygen atoms in total. The molecule has 4 heteroatoms. The lowest BCUT2D eigenvalue weighted by Crippen LogP contribution is -2.44. The Hall–Kier alpha value is -1.70. The number of benzene rings is 1. The smallest absolute Gasteiger partial charge is 0.176 e. The molecule has 1 aromatic rings. The number of nitriles is 1. The second-order valence-electron chi connectivity index (χ2n) is 5.18. The molecule has 1 aromatic carbocycles. The van der Waals surface area contributed by atoms with Gasteiger partial charge in [0.25, 0.3) is 0 Å². The van der Waals surface area contributed by atoms with Gasteiger partial charge in [-0.05, 0) is 31.0 Å². The number of hydrogen-bond donors (Lipinski definition) is 1. The molecule has 1 N–H and O–H groups in total. The van der Waals surface area contributed by atoms with Gasteiger partial charge in [0.2, 0.25) is 0 Å². The van der Waals surface area contributed by atoms with Crippen molar-refractivity contribution in [3.63, 3.8) is 0 Å². The van der Waals surface area contributed by atoms with E-state index in [1.807, 2.05) is 17.9 Å². The third kappa shape index (κ3) is 3.40. The molecule has 0 saturated carbocycles. The van der Waals surface area contributed by atoms with Gasteiger partial charge in [-0.3, -0.25) is 9.69 Å². The molecule has 1 heterocycles. The summed E-state index contributed by atoms with van der Waals surface area (Å²) in [5.74, 6) is 0.340. The molecule has 1 fully saturated rings. The van der Waals surface area contributed by atoms with Gasteiger partial charge < -0.3 is 5.11 Å². The number of carbonyl (C=O) groups excluding carboxylic acids is 1. The van der Waals surface area contributed by atoms with Crippen molar-refractivity contribution in [1.29, 1.82) is 5.26 Å². The van der Waals surface area contributed by atoms with Gasteiger partial charge in [-0.2, -0.15) is 5.26 Å². The van der Waals surface area contributed by atoms with Crippen LogP contribution < -0.4 is 0 Å². The van der Waals surface area contributed by atoms with Crippen molar-refractivity contribution in [3.8, 4) is 6.07 Å². The van der Waals surface area contributed by atoms with Gasteiger partial charge in [-0.15, -0.1) is 0 Å². The van der Waals surface area contributed by atoms with Crippen LogP contribution >= 0.6 is 0 Å². The van der Waals surface area contributed by atoms with Crippen LogP contribution in [0.4, 0.5) is 0 Å². The topological polar surface area (TPSA) is 64.3 Å². The molecule has 1 aliphatic rings. The first-order valence-corrected chi connectivity index (χ1v) is 6.54. The number of Topliss-reactive ketones (excluding diaryl/α,β-unsaturated/α-hetero) is 1. The number of ketones is 1. The Balaban J connectivity index is 1.95. The molecule has 2 unspecified atom stereocenters. The summed E-state index contributed by atoms with van der Waals surface area (Å²) in [6.45, 7) is 3.77. The van der Waals surface area contributed by atoms with Crippen LogP contribution in [0.25, 0.3) is 0 Å². The van der Waals surface area contributed by atoms with E-state index < -0.39 is 0 Å². The normalized spacial score (nSPS) is 23.8. The molecular formula is C15H18N2O2. The highest BCUT2D eigenvalue weighted by atomic mass is 16.3. The third-order valence-corrected chi connectivity index (χ3v) is 3.71. The number of hydrogen-bond acceptors (Lipinski definition) is 4. The van der Waals surface area contributed by atoms with Crippen molar-refractivity contribution in [3.05, 3.63) is 35.4 Å². The van der Waals surface area contributed by atoms with Crippen molar-refractivity contribution < 1.29 is 9.90 Å². The van der Waals surface area contributed by atoms with E-state index in [-0.39, 0.29) is 11.9 Å². The summed E-state index contributed by atoms with van der Waals surface area (Å²) in [4.78, 5) is 14.1. The number of β-amino-alcohol motifs (C(OH)–C–C–N with tert-alkyl or cyclic N) is 1. The van der Waals surface area contributed by atoms with Crippen LogP contribution in [0.15, 0.2) is 24.3 Å². The standard InChI is InChI=1S/C15H18N2O2/c1-11-6-7-17(9-14(11)18)10-15(19)13-4-2-12(8-16)3-5-13/h2-5,11,14,18H,6-7,9-10H2,1H3. The minimum Gasteiger partial charge on any atom is -0.392 e. The van der Waals surface area contributed by atoms with Gasteiger partial charge in [0.1, 0.15) is 0 Å². The number of nitrogens with zero attached hydrogens (tertiary/aromatic N) is 2. The number of rotatable bonds is 3. The first kappa shape index (κ1) is 13.7. The van der Waals surface area contributed by atoms with E-state index in [2.05, 4.69) is 0 Å². The molecule has 0 aliphatic carbocycles. The van der Waals surface area contributed by atoms with Crippen LogP contribution in [-0.4, -0.2) is 41.5 Å². The summed E-state index contributed by atoms with van der Waals surface area (Å²) in [5.41, 5.74) is 1.17. The zero-order valence-electron chi connectivity index (χ0n) is 11.0. The van der Waals surface area contributed by atoms with Gasteiger partial charge in [-0.1, -0.05) is 19.1 Å². The zero-order chi connectivity index (χ0) is 13.8. The number of aliphatic hydroxyl groups excluding tert-OH is 1. The zero-order valence-corrected chi connectivity index (χ0v) is 11.0. The lowest BCUT2D eigenvalue weighted by atomic mass is 9.95. The Bertz CT molecular complexity index is 490. The highest BCUT2D eigenvalue weighted by Crippen LogP contribution is 2.17. The van der Waals surface area contributed by atoms with E-state index in [1.54, 1.807) is 24.3 Å². The van der Waals surface area contributed by atoms with Crippen LogP contribution in [0.5, 0.6) is 0 Å². The maximum Gasteiger partial charge on any atom is 0.176 e. The van der Waals surface area contributed by atoms with Crippen molar-refractivity contribution in [2.45, 2.75) is 19.4 Å². The largest absolute Gasteiger partial charge is 0.392 e. The molecule has 2 rings (SSSR count). The molecule has 2 atom stereocenters. The molecule has 1 aliphatic heterocycles. The molecule has 1 saturated heterocycles. The number of carbonyl (C=O) groups is 1. The van der Waals surface area contributed by atoms with Crippen LogP contribution in [0.1, 0.15) is 29.3 Å². The molecule has 0 radical (unpaired) electrons. The Morgan fingerprint density at radius 2 is 2.16 bits per heavy atom. The molecule has 19 heavy (non-hydrogen) atoms. The van der Waals surface area contributed by atoms with E-state index in [0.717, 1.165) is 13.0 Å². The quantitative estimate of drug-likeness (QED) is 0.833. The SMILES string of the molecule is CC1CCN(CC(=O)c2ccc(C#N)cc2)CC1O. The van der Waals surface area contributed by atoms with E-state index in [4.69, 9.17) is 5.26 Å². The van der Waals surface area contributed by atoms with Gasteiger partial charge in [0, 0.05) is 12.1 Å². The van der Waals surface area contributed by atoms with Crippen molar-refractivity contribution in [2.75, 3.05) is 19.6 Å². The predicted molar refractivity (Wildman–Crippen MR) is 71.7 cm³/mol. The fraction of sp³-hybridized carbons (Fsp3) is 0.467. The minimum absolute atomic E-state index is 0.0336. The van der Waals surface area contributed by atoms with Gasteiger partial charge >= 0.3 is 0 Å². The molecule has 100 valence electrons. The Kier molecular flexibility index (Phi) is 4.31. The molecular weight excluding hydrogens is 240 g/mol. The van der Waals surface area contributed by atoms with Crippen molar-refractivity contribution >= 4 is 5.78 Å². The summed E-state index contributed by atoms with van der Waals surface area (Å²) in [6, 6.07) is 8.71. The third-order valence-electron chi connectivity index (χ3n) is 3.71. The van der Waals surface area contributed by atoms with Gasteiger partial charge in [0.15, 0.2) is 5.78 Å². The minimum atomic E-state index is -0.345. The van der Waals surface area contributed by atoms with E-state index >= 15 is 0 Å². The van der Waals surface area contributed by atoms with Crippen LogP contribution in [-0.2, 0) is 0 Å². The summed E-state index contributed by atoms with van der Waals surface area (Å²) in [7, 11) is 0. The Morgan fingerprint density at radius 3 is 2.74 bits per heavy atom. The molecule has 0 amide bonds. The average Bonchev–Trinajstić information content (AvgIpc) is 2.43. The first-order chi connectivity index (χ1) is 9.10. The fourth-order valence-corrected chi connectivity index (χ4v) is 2.28. The second kappa shape index (κ2) is 5.96. The first-order valence-electron chi connectivity index (χ1n) is 6.54. The van der Waals surface area contributed by atoms with E-state index in [1.165, 1.54) is 0 Å². The monoisotopic (exact) mass is 258 g/mol. The van der Waals surface area contributed by atoms with Crippen LogP contribution in [0.3, 0.4) is 0 Å². The Labute approximate surface area is 113 Å². The lowest BCUT2D eigenvalue weighted by molar-refractivity contribution is 0.0295. The van der Waals surface area contributed by atoms with Gasteiger partial charge in [-0.25, -0.2) is 0 Å².